The van der Waals surface area contributed by atoms with Crippen LogP contribution < -0.4 is 4.90 Å². The Hall–Kier alpha value is -2.76. The van der Waals surface area contributed by atoms with Crippen LogP contribution in [0.4, 0.5) is 5.13 Å². The van der Waals surface area contributed by atoms with Crippen LogP contribution in [0.15, 0.2) is 67.0 Å². The number of nitrogens with zero attached hydrogens (tertiary/aromatic N) is 3. The molecule has 0 N–H and O–H groups in total. The summed E-state index contributed by atoms with van der Waals surface area (Å²) in [4.78, 5) is 23.8. The molecule has 0 atom stereocenters. The zero-order valence-electron chi connectivity index (χ0n) is 14.6. The lowest BCUT2D eigenvalue weighted by Gasteiger charge is -2.20. The van der Waals surface area contributed by atoms with Crippen molar-refractivity contribution in [2.24, 2.45) is 0 Å². The van der Waals surface area contributed by atoms with Crippen molar-refractivity contribution in [2.45, 2.75) is 13.5 Å². The first-order valence-corrected chi connectivity index (χ1v) is 9.63. The maximum atomic E-state index is 13.3. The molecule has 0 aliphatic carbocycles. The van der Waals surface area contributed by atoms with Crippen LogP contribution in [0.5, 0.6) is 0 Å². The fourth-order valence-electron chi connectivity index (χ4n) is 2.81. The Morgan fingerprint density at radius 1 is 1.15 bits per heavy atom. The highest BCUT2D eigenvalue weighted by Crippen LogP contribution is 2.31. The van der Waals surface area contributed by atoms with Crippen LogP contribution in [-0.4, -0.2) is 15.9 Å². The van der Waals surface area contributed by atoms with Crippen LogP contribution in [-0.2, 0) is 6.54 Å². The number of carbonyl (C=O) groups is 1. The molecule has 0 radical (unpaired) electrons. The maximum absolute atomic E-state index is 13.3. The molecule has 0 spiro atoms. The van der Waals surface area contributed by atoms with Crippen LogP contribution >= 0.6 is 22.9 Å². The van der Waals surface area contributed by atoms with Crippen molar-refractivity contribution >= 4 is 44.2 Å². The molecular weight excluding hydrogens is 378 g/mol. The Bertz CT molecular complexity index is 1110. The third-order valence-corrected chi connectivity index (χ3v) is 5.42. The Labute approximate surface area is 166 Å². The topological polar surface area (TPSA) is 46.1 Å². The van der Waals surface area contributed by atoms with Gasteiger partial charge in [-0.3, -0.25) is 14.7 Å². The molecule has 6 heteroatoms. The summed E-state index contributed by atoms with van der Waals surface area (Å²) < 4.78 is 1.06. The number of aromatic nitrogens is 2. The van der Waals surface area contributed by atoms with Crippen molar-refractivity contribution in [3.63, 3.8) is 0 Å². The van der Waals surface area contributed by atoms with Gasteiger partial charge in [-0.2, -0.15) is 0 Å². The van der Waals surface area contributed by atoms with Gasteiger partial charge in [0, 0.05) is 23.0 Å². The highest BCUT2D eigenvalue weighted by atomic mass is 35.5. The number of carbonyl (C=O) groups excluding carboxylic acids is 1. The Kier molecular flexibility index (Phi) is 4.88. The second kappa shape index (κ2) is 7.47. The lowest BCUT2D eigenvalue weighted by molar-refractivity contribution is 0.0985. The van der Waals surface area contributed by atoms with Crippen LogP contribution in [0.1, 0.15) is 21.5 Å². The summed E-state index contributed by atoms with van der Waals surface area (Å²) in [5, 5.41) is 1.19. The number of anilines is 1. The standard InChI is InChI=1S/C21H16ClN3OS/c1-14-7-8-18-19(10-14)27-21(24-18)25(13-15-4-3-9-23-12-15)20(26)16-5-2-6-17(22)11-16/h2-12H,13H2,1H3. The average Bonchev–Trinajstić information content (AvgIpc) is 3.09. The van der Waals surface area contributed by atoms with E-state index in [2.05, 4.69) is 16.0 Å². The molecule has 0 saturated heterocycles. The van der Waals surface area contributed by atoms with Gasteiger partial charge in [0.2, 0.25) is 0 Å². The Morgan fingerprint density at radius 2 is 2.04 bits per heavy atom. The van der Waals surface area contributed by atoms with Crippen LogP contribution in [0.3, 0.4) is 0 Å². The summed E-state index contributed by atoms with van der Waals surface area (Å²) in [6, 6.07) is 16.9. The van der Waals surface area contributed by atoms with E-state index in [1.165, 1.54) is 11.3 Å². The number of amides is 1. The predicted octanol–water partition coefficient (Wildman–Crippen LogP) is 5.50. The second-order valence-corrected chi connectivity index (χ2v) is 7.68. The highest BCUT2D eigenvalue weighted by Gasteiger charge is 2.22. The zero-order chi connectivity index (χ0) is 18.8. The number of hydrogen-bond acceptors (Lipinski definition) is 4. The molecule has 4 aromatic rings. The number of halogens is 1. The Balaban J connectivity index is 1.77. The molecule has 1 amide bonds. The van der Waals surface area contributed by atoms with E-state index in [0.29, 0.717) is 22.3 Å². The predicted molar refractivity (Wildman–Crippen MR) is 111 cm³/mol. The molecule has 0 fully saturated rings. The molecule has 0 saturated carbocycles. The SMILES string of the molecule is Cc1ccc2nc(N(Cc3cccnc3)C(=O)c3cccc(Cl)c3)sc2c1. The van der Waals surface area contributed by atoms with Gasteiger partial charge in [0.25, 0.3) is 5.91 Å². The molecule has 0 bridgehead atoms. The lowest BCUT2D eigenvalue weighted by Crippen LogP contribution is -2.30. The fraction of sp³-hybridized carbons (Fsp3) is 0.0952. The van der Waals surface area contributed by atoms with Crippen LogP contribution in [0, 0.1) is 6.92 Å². The molecule has 2 aromatic heterocycles. The van der Waals surface area contributed by atoms with Gasteiger partial charge < -0.3 is 0 Å². The van der Waals surface area contributed by atoms with Crippen molar-refractivity contribution in [1.29, 1.82) is 0 Å². The van der Waals surface area contributed by atoms with Crippen LogP contribution in [0.25, 0.3) is 10.2 Å². The maximum Gasteiger partial charge on any atom is 0.260 e. The minimum absolute atomic E-state index is 0.142. The van der Waals surface area contributed by atoms with E-state index in [0.717, 1.165) is 21.3 Å². The summed E-state index contributed by atoms with van der Waals surface area (Å²) in [7, 11) is 0. The molecule has 2 heterocycles. The molecule has 2 aromatic carbocycles. The van der Waals surface area contributed by atoms with E-state index >= 15 is 0 Å². The van der Waals surface area contributed by atoms with Crippen molar-refractivity contribution < 1.29 is 4.79 Å². The summed E-state index contributed by atoms with van der Waals surface area (Å²) in [6.45, 7) is 2.43. The van der Waals surface area contributed by atoms with Gasteiger partial charge in [-0.05, 0) is 54.4 Å². The average molecular weight is 394 g/mol. The van der Waals surface area contributed by atoms with E-state index in [-0.39, 0.29) is 5.91 Å². The van der Waals surface area contributed by atoms with Crippen molar-refractivity contribution in [1.82, 2.24) is 9.97 Å². The van der Waals surface area contributed by atoms with Crippen molar-refractivity contribution in [3.8, 4) is 0 Å². The number of aryl methyl sites for hydroxylation is 1. The van der Waals surface area contributed by atoms with Crippen LogP contribution in [0.2, 0.25) is 5.02 Å². The summed E-state index contributed by atoms with van der Waals surface area (Å²) >= 11 is 7.59. The minimum atomic E-state index is -0.142. The molecule has 0 unspecified atom stereocenters. The van der Waals surface area contributed by atoms with Gasteiger partial charge in [-0.15, -0.1) is 0 Å². The molecule has 0 aliphatic heterocycles. The highest BCUT2D eigenvalue weighted by molar-refractivity contribution is 7.22. The molecule has 4 rings (SSSR count). The molecular formula is C21H16ClN3OS. The fourth-order valence-corrected chi connectivity index (χ4v) is 4.06. The largest absolute Gasteiger partial charge is 0.279 e. The van der Waals surface area contributed by atoms with Crippen molar-refractivity contribution in [3.05, 3.63) is 88.7 Å². The van der Waals surface area contributed by atoms with Crippen molar-refractivity contribution in [2.75, 3.05) is 4.90 Å². The van der Waals surface area contributed by atoms with Gasteiger partial charge in [0.05, 0.1) is 16.8 Å². The second-order valence-electron chi connectivity index (χ2n) is 6.23. The quantitative estimate of drug-likeness (QED) is 0.460. The van der Waals surface area contributed by atoms with E-state index in [9.17, 15) is 4.79 Å². The molecule has 134 valence electrons. The Morgan fingerprint density at radius 3 is 2.81 bits per heavy atom. The van der Waals surface area contributed by atoms with E-state index < -0.39 is 0 Å². The smallest absolute Gasteiger partial charge is 0.260 e. The summed E-state index contributed by atoms with van der Waals surface area (Å²) in [5.74, 6) is -0.142. The normalized spacial score (nSPS) is 10.9. The number of pyridine rings is 1. The molecule has 4 nitrogen and oxygen atoms in total. The van der Waals surface area contributed by atoms with Gasteiger partial charge in [0.1, 0.15) is 0 Å². The summed E-state index contributed by atoms with van der Waals surface area (Å²) in [5.41, 5.74) is 3.51. The number of thiazole rings is 1. The van der Waals surface area contributed by atoms with E-state index in [4.69, 9.17) is 11.6 Å². The first kappa shape index (κ1) is 17.6. The minimum Gasteiger partial charge on any atom is -0.279 e. The number of benzene rings is 2. The third-order valence-electron chi connectivity index (χ3n) is 4.14. The van der Waals surface area contributed by atoms with E-state index in [1.54, 1.807) is 41.6 Å². The molecule has 0 aliphatic rings. The zero-order valence-corrected chi connectivity index (χ0v) is 16.2. The lowest BCUT2D eigenvalue weighted by atomic mass is 10.2. The van der Waals surface area contributed by atoms with Gasteiger partial charge in [-0.25, -0.2) is 4.98 Å². The van der Waals surface area contributed by atoms with E-state index in [1.807, 2.05) is 31.2 Å². The number of fused-ring (bicyclic) bond motifs is 1. The van der Waals surface area contributed by atoms with Gasteiger partial charge >= 0.3 is 0 Å². The molecule has 27 heavy (non-hydrogen) atoms. The third kappa shape index (κ3) is 3.84. The first-order chi connectivity index (χ1) is 13.1. The summed E-state index contributed by atoms with van der Waals surface area (Å²) in [6.07, 6.45) is 3.48. The first-order valence-electron chi connectivity index (χ1n) is 8.44. The monoisotopic (exact) mass is 393 g/mol. The number of rotatable bonds is 4. The number of hydrogen-bond donors (Lipinski definition) is 0. The van der Waals surface area contributed by atoms with Gasteiger partial charge in [0.15, 0.2) is 5.13 Å². The van der Waals surface area contributed by atoms with Gasteiger partial charge in [-0.1, -0.05) is 41.1 Å².